The lowest BCUT2D eigenvalue weighted by atomic mass is 10.0. The molecule has 0 saturated carbocycles. The van der Waals surface area contributed by atoms with E-state index in [1.54, 1.807) is 0 Å². The second-order valence-electron chi connectivity index (χ2n) is 5.41. The van der Waals surface area contributed by atoms with Crippen molar-refractivity contribution in [3.63, 3.8) is 0 Å². The molecule has 0 aliphatic carbocycles. The lowest BCUT2D eigenvalue weighted by molar-refractivity contribution is -0.117. The third-order valence-electron chi connectivity index (χ3n) is 3.32. The number of carbonyl (C=O) groups is 1. The van der Waals surface area contributed by atoms with Crippen molar-refractivity contribution in [1.82, 2.24) is 5.32 Å². The normalized spacial score (nSPS) is 11.3. The van der Waals surface area contributed by atoms with Crippen LogP contribution in [0.1, 0.15) is 71.1 Å². The van der Waals surface area contributed by atoms with Crippen molar-refractivity contribution in [2.75, 3.05) is 5.88 Å². The molecular formula is C15H29NO4S. The van der Waals surface area contributed by atoms with Gasteiger partial charge in [-0.3, -0.25) is 9.35 Å². The number of nitrogens with one attached hydrogen (secondary N) is 1. The largest absolute Gasteiger partial charge is 0.336 e. The van der Waals surface area contributed by atoms with Crippen LogP contribution in [0.3, 0.4) is 0 Å². The van der Waals surface area contributed by atoms with Crippen LogP contribution >= 0.6 is 0 Å². The molecule has 1 amide bonds. The van der Waals surface area contributed by atoms with Crippen LogP contribution in [0.2, 0.25) is 0 Å². The molecule has 0 aliphatic heterocycles. The smallest absolute Gasteiger partial charge is 0.283 e. The highest BCUT2D eigenvalue weighted by atomic mass is 32.2. The minimum absolute atomic E-state index is 0.363. The van der Waals surface area contributed by atoms with E-state index in [4.69, 9.17) is 4.55 Å². The molecule has 0 heterocycles. The van der Waals surface area contributed by atoms with E-state index in [1.165, 1.54) is 38.5 Å². The second kappa shape index (κ2) is 11.7. The van der Waals surface area contributed by atoms with E-state index in [2.05, 4.69) is 18.8 Å². The number of hydrogen-bond donors (Lipinski definition) is 2. The van der Waals surface area contributed by atoms with Crippen LogP contribution in [-0.4, -0.2) is 24.8 Å². The fourth-order valence-corrected chi connectivity index (χ4v) is 2.36. The predicted molar refractivity (Wildman–Crippen MR) is 85.5 cm³/mol. The van der Waals surface area contributed by atoms with E-state index in [-0.39, 0.29) is 0 Å². The summed E-state index contributed by atoms with van der Waals surface area (Å²) in [5, 5.41) is 2.13. The van der Waals surface area contributed by atoms with Crippen LogP contribution in [0.5, 0.6) is 0 Å². The molecule has 0 unspecified atom stereocenters. The highest BCUT2D eigenvalue weighted by Crippen LogP contribution is 2.12. The summed E-state index contributed by atoms with van der Waals surface area (Å²) in [6.45, 7) is 5.84. The summed E-state index contributed by atoms with van der Waals surface area (Å²) in [5.74, 6) is -1.27. The van der Waals surface area contributed by atoms with Gasteiger partial charge < -0.3 is 5.32 Å². The Balaban J connectivity index is 3.51. The molecule has 0 saturated heterocycles. The van der Waals surface area contributed by atoms with Crippen LogP contribution in [0.15, 0.2) is 12.2 Å². The van der Waals surface area contributed by atoms with Gasteiger partial charge in [-0.1, -0.05) is 64.9 Å². The zero-order valence-electron chi connectivity index (χ0n) is 13.1. The van der Waals surface area contributed by atoms with Gasteiger partial charge in [0, 0.05) is 5.57 Å². The molecule has 0 bridgehead atoms. The Hall–Kier alpha value is -0.880. The summed E-state index contributed by atoms with van der Waals surface area (Å²) in [4.78, 5) is 11.5. The Morgan fingerprint density at radius 3 is 1.95 bits per heavy atom. The summed E-state index contributed by atoms with van der Waals surface area (Å²) in [7, 11) is -4.17. The maximum atomic E-state index is 11.5. The van der Waals surface area contributed by atoms with Gasteiger partial charge in [0.25, 0.3) is 10.1 Å². The molecule has 0 atom stereocenters. The van der Waals surface area contributed by atoms with Gasteiger partial charge in [0.1, 0.15) is 5.88 Å². The highest BCUT2D eigenvalue weighted by Gasteiger charge is 2.10. The standard InChI is InChI=1S/C15H29NO4S/c1-3-4-5-6-7-8-9-10-11-12-14(2)15(17)16-13-21(18,19)20/h2-13H2,1H3,(H,16,17)(H,18,19,20). The van der Waals surface area contributed by atoms with Crippen molar-refractivity contribution in [1.29, 1.82) is 0 Å². The summed E-state index contributed by atoms with van der Waals surface area (Å²) in [6.07, 6.45) is 11.4. The first-order chi connectivity index (χ1) is 9.87. The zero-order chi connectivity index (χ0) is 16.1. The summed E-state index contributed by atoms with van der Waals surface area (Å²) in [6, 6.07) is 0. The van der Waals surface area contributed by atoms with Gasteiger partial charge in [-0.2, -0.15) is 8.42 Å². The van der Waals surface area contributed by atoms with E-state index in [0.717, 1.165) is 19.3 Å². The monoisotopic (exact) mass is 319 g/mol. The van der Waals surface area contributed by atoms with Crippen molar-refractivity contribution >= 4 is 16.0 Å². The van der Waals surface area contributed by atoms with E-state index < -0.39 is 21.9 Å². The SMILES string of the molecule is C=C(CCCCCCCCCCC)C(=O)NCS(=O)(=O)O. The molecule has 0 aromatic carbocycles. The van der Waals surface area contributed by atoms with Gasteiger partial charge in [-0.25, -0.2) is 0 Å². The van der Waals surface area contributed by atoms with E-state index in [9.17, 15) is 13.2 Å². The molecule has 0 rings (SSSR count). The number of carbonyl (C=O) groups excluding carboxylic acids is 1. The molecule has 6 heteroatoms. The van der Waals surface area contributed by atoms with Crippen LogP contribution in [0.25, 0.3) is 0 Å². The van der Waals surface area contributed by atoms with Gasteiger partial charge in [0.2, 0.25) is 5.91 Å². The third kappa shape index (κ3) is 13.8. The molecule has 0 aromatic heterocycles. The fraction of sp³-hybridized carbons (Fsp3) is 0.800. The lowest BCUT2D eigenvalue weighted by Crippen LogP contribution is -2.30. The first-order valence-electron chi connectivity index (χ1n) is 7.78. The summed E-state index contributed by atoms with van der Waals surface area (Å²) in [5.41, 5.74) is 0.363. The van der Waals surface area contributed by atoms with Crippen LogP contribution < -0.4 is 5.32 Å². The molecule has 5 nitrogen and oxygen atoms in total. The first kappa shape index (κ1) is 20.1. The zero-order valence-corrected chi connectivity index (χ0v) is 13.9. The van der Waals surface area contributed by atoms with Crippen molar-refractivity contribution < 1.29 is 17.8 Å². The molecule has 0 spiro atoms. The van der Waals surface area contributed by atoms with Gasteiger partial charge in [-0.05, 0) is 12.8 Å². The van der Waals surface area contributed by atoms with Crippen LogP contribution in [-0.2, 0) is 14.9 Å². The molecular weight excluding hydrogens is 290 g/mol. The van der Waals surface area contributed by atoms with E-state index in [0.29, 0.717) is 12.0 Å². The van der Waals surface area contributed by atoms with Gasteiger partial charge >= 0.3 is 0 Å². The Kier molecular flexibility index (Phi) is 11.3. The minimum atomic E-state index is -4.17. The van der Waals surface area contributed by atoms with Gasteiger partial charge in [-0.15, -0.1) is 0 Å². The molecule has 124 valence electrons. The highest BCUT2D eigenvalue weighted by molar-refractivity contribution is 7.85. The molecule has 0 radical (unpaired) electrons. The van der Waals surface area contributed by atoms with Crippen molar-refractivity contribution in [3.8, 4) is 0 Å². The van der Waals surface area contributed by atoms with Gasteiger partial charge in [0.15, 0.2) is 0 Å². The Morgan fingerprint density at radius 2 is 1.48 bits per heavy atom. The van der Waals surface area contributed by atoms with Crippen molar-refractivity contribution in [3.05, 3.63) is 12.2 Å². The van der Waals surface area contributed by atoms with Crippen molar-refractivity contribution in [2.24, 2.45) is 0 Å². The van der Waals surface area contributed by atoms with Crippen LogP contribution in [0.4, 0.5) is 0 Å². The number of rotatable bonds is 13. The molecule has 2 N–H and O–H groups in total. The number of unbranched alkanes of at least 4 members (excludes halogenated alkanes) is 8. The molecule has 0 aliphatic rings. The lowest BCUT2D eigenvalue weighted by Gasteiger charge is -2.06. The maximum absolute atomic E-state index is 11.5. The average Bonchev–Trinajstić information content (AvgIpc) is 2.41. The fourth-order valence-electron chi connectivity index (χ4n) is 2.04. The minimum Gasteiger partial charge on any atom is -0.336 e. The Morgan fingerprint density at radius 1 is 1.00 bits per heavy atom. The topological polar surface area (TPSA) is 83.5 Å². The quantitative estimate of drug-likeness (QED) is 0.309. The molecule has 0 aromatic rings. The summed E-state index contributed by atoms with van der Waals surface area (Å²) < 4.78 is 29.5. The van der Waals surface area contributed by atoms with Crippen molar-refractivity contribution in [2.45, 2.75) is 71.1 Å². The maximum Gasteiger partial charge on any atom is 0.283 e. The third-order valence-corrected chi connectivity index (χ3v) is 3.83. The van der Waals surface area contributed by atoms with E-state index in [1.807, 2.05) is 0 Å². The van der Waals surface area contributed by atoms with Gasteiger partial charge in [0.05, 0.1) is 0 Å². The number of amides is 1. The van der Waals surface area contributed by atoms with Crippen LogP contribution in [0, 0.1) is 0 Å². The van der Waals surface area contributed by atoms with E-state index >= 15 is 0 Å². The number of hydrogen-bond acceptors (Lipinski definition) is 3. The molecule has 21 heavy (non-hydrogen) atoms. The Labute approximate surface area is 128 Å². The average molecular weight is 319 g/mol. The Bertz CT molecular complexity index is 404. The molecule has 0 fully saturated rings. The second-order valence-corrected chi connectivity index (χ2v) is 6.87. The predicted octanol–water partition coefficient (Wildman–Crippen LogP) is 3.43. The summed E-state index contributed by atoms with van der Waals surface area (Å²) >= 11 is 0. The first-order valence-corrected chi connectivity index (χ1v) is 9.39.